The predicted octanol–water partition coefficient (Wildman–Crippen LogP) is 7.26. The number of fused-ring (bicyclic) bond motifs is 2. The number of carboxylic acids is 1. The molecule has 0 aromatic heterocycles. The Bertz CT molecular complexity index is 1190. The van der Waals surface area contributed by atoms with E-state index in [1.54, 1.807) is 0 Å². The van der Waals surface area contributed by atoms with E-state index >= 15 is 0 Å². The van der Waals surface area contributed by atoms with E-state index in [1.165, 1.54) is 24.0 Å². The summed E-state index contributed by atoms with van der Waals surface area (Å²) in [6, 6.07) is 16.6. The van der Waals surface area contributed by atoms with Crippen molar-refractivity contribution >= 4 is 22.3 Å². The maximum Gasteiger partial charge on any atom is 0.336 e. The summed E-state index contributed by atoms with van der Waals surface area (Å²) in [5, 5.41) is 11.3. The second-order valence-corrected chi connectivity index (χ2v) is 10.0. The first-order valence-corrected chi connectivity index (χ1v) is 10.6. The minimum atomic E-state index is -0.885. The van der Waals surface area contributed by atoms with Gasteiger partial charge in [-0.15, -0.1) is 0 Å². The summed E-state index contributed by atoms with van der Waals surface area (Å²) in [6.07, 6.45) is 2.37. The van der Waals surface area contributed by atoms with Crippen LogP contribution < -0.4 is 0 Å². The molecule has 4 rings (SSSR count). The van der Waals surface area contributed by atoms with Gasteiger partial charge in [0.2, 0.25) is 0 Å². The van der Waals surface area contributed by atoms with Gasteiger partial charge in [0, 0.05) is 0 Å². The summed E-state index contributed by atoms with van der Waals surface area (Å²) >= 11 is 0. The van der Waals surface area contributed by atoms with Gasteiger partial charge in [-0.1, -0.05) is 76.7 Å². The van der Waals surface area contributed by atoms with Crippen molar-refractivity contribution in [1.29, 1.82) is 0 Å². The van der Waals surface area contributed by atoms with E-state index < -0.39 is 5.97 Å². The standard InChI is InChI=1S/C28H30O2/c1-17-7-8-21-15-19(9-11-22(21)25(17)26(29)30)18(2)20-10-12-23-24(16-20)28(5,6)14-13-27(23,3)4/h7-12,15-16H,2,13-14H2,1,3-6H3,(H,29,30). The fourth-order valence-corrected chi connectivity index (χ4v) is 4.85. The highest BCUT2D eigenvalue weighted by molar-refractivity contribution is 6.05. The number of carbonyl (C=O) groups is 1. The molecule has 0 bridgehead atoms. The lowest BCUT2D eigenvalue weighted by atomic mass is 9.63. The van der Waals surface area contributed by atoms with Gasteiger partial charge in [-0.2, -0.15) is 0 Å². The summed E-state index contributed by atoms with van der Waals surface area (Å²) in [7, 11) is 0. The summed E-state index contributed by atoms with van der Waals surface area (Å²) in [5.41, 5.74) is 7.48. The van der Waals surface area contributed by atoms with Gasteiger partial charge < -0.3 is 5.11 Å². The van der Waals surface area contributed by atoms with E-state index in [0.29, 0.717) is 5.56 Å². The maximum atomic E-state index is 11.7. The molecule has 2 nitrogen and oxygen atoms in total. The Balaban J connectivity index is 1.80. The molecule has 0 radical (unpaired) electrons. The predicted molar refractivity (Wildman–Crippen MR) is 126 cm³/mol. The highest BCUT2D eigenvalue weighted by Crippen LogP contribution is 2.46. The number of benzene rings is 3. The Labute approximate surface area is 179 Å². The topological polar surface area (TPSA) is 37.3 Å². The van der Waals surface area contributed by atoms with E-state index in [9.17, 15) is 9.90 Å². The van der Waals surface area contributed by atoms with Crippen molar-refractivity contribution in [2.75, 3.05) is 0 Å². The lowest BCUT2D eigenvalue weighted by molar-refractivity contribution is 0.0698. The molecule has 0 saturated heterocycles. The molecular weight excluding hydrogens is 368 g/mol. The molecule has 0 spiro atoms. The fourth-order valence-electron chi connectivity index (χ4n) is 4.85. The summed E-state index contributed by atoms with van der Waals surface area (Å²) in [6.45, 7) is 15.6. The van der Waals surface area contributed by atoms with E-state index in [0.717, 1.165) is 33.0 Å². The van der Waals surface area contributed by atoms with Crippen molar-refractivity contribution in [3.63, 3.8) is 0 Å². The highest BCUT2D eigenvalue weighted by atomic mass is 16.4. The zero-order valence-electron chi connectivity index (χ0n) is 18.6. The zero-order valence-corrected chi connectivity index (χ0v) is 18.6. The lowest BCUT2D eigenvalue weighted by Gasteiger charge is -2.42. The van der Waals surface area contributed by atoms with Gasteiger partial charge in [-0.3, -0.25) is 0 Å². The normalized spacial score (nSPS) is 16.8. The quantitative estimate of drug-likeness (QED) is 0.504. The minimum Gasteiger partial charge on any atom is -0.478 e. The molecule has 1 N–H and O–H groups in total. The Morgan fingerprint density at radius 2 is 1.47 bits per heavy atom. The molecule has 154 valence electrons. The first-order chi connectivity index (χ1) is 14.0. The third-order valence-electron chi connectivity index (χ3n) is 6.99. The second kappa shape index (κ2) is 6.84. The molecule has 3 aromatic carbocycles. The van der Waals surface area contributed by atoms with Crippen molar-refractivity contribution in [3.05, 3.63) is 88.5 Å². The molecule has 1 aliphatic rings. The molecule has 0 amide bonds. The monoisotopic (exact) mass is 398 g/mol. The molecule has 1 aliphatic carbocycles. The molecule has 0 unspecified atom stereocenters. The van der Waals surface area contributed by atoms with Crippen LogP contribution in [-0.2, 0) is 10.8 Å². The van der Waals surface area contributed by atoms with Crippen molar-refractivity contribution in [2.24, 2.45) is 0 Å². The van der Waals surface area contributed by atoms with Crippen molar-refractivity contribution in [2.45, 2.75) is 58.3 Å². The van der Waals surface area contributed by atoms with Gasteiger partial charge >= 0.3 is 5.97 Å². The Hall–Kier alpha value is -2.87. The smallest absolute Gasteiger partial charge is 0.336 e. The van der Waals surface area contributed by atoms with Gasteiger partial charge in [0.15, 0.2) is 0 Å². The Kier molecular flexibility index (Phi) is 4.65. The van der Waals surface area contributed by atoms with Gasteiger partial charge in [-0.25, -0.2) is 4.79 Å². The molecule has 0 heterocycles. The number of aryl methyl sites for hydroxylation is 1. The molecule has 2 heteroatoms. The number of hydrogen-bond acceptors (Lipinski definition) is 1. The molecule has 3 aromatic rings. The lowest BCUT2D eigenvalue weighted by Crippen LogP contribution is -2.33. The van der Waals surface area contributed by atoms with Crippen LogP contribution in [0.2, 0.25) is 0 Å². The maximum absolute atomic E-state index is 11.7. The van der Waals surface area contributed by atoms with Crippen molar-refractivity contribution < 1.29 is 9.90 Å². The zero-order chi connectivity index (χ0) is 21.8. The number of carboxylic acid groups (broad SMARTS) is 1. The summed E-state index contributed by atoms with van der Waals surface area (Å²) < 4.78 is 0. The number of hydrogen-bond donors (Lipinski definition) is 1. The Morgan fingerprint density at radius 1 is 0.867 bits per heavy atom. The molecule has 0 atom stereocenters. The Morgan fingerprint density at radius 3 is 2.13 bits per heavy atom. The van der Waals surface area contributed by atoms with Gasteiger partial charge in [-0.05, 0) is 80.8 Å². The van der Waals surface area contributed by atoms with Crippen LogP contribution in [0.3, 0.4) is 0 Å². The first-order valence-electron chi connectivity index (χ1n) is 10.6. The SMILES string of the molecule is C=C(c1ccc2c(c1)C(C)(C)CCC2(C)C)c1ccc2c(C(=O)O)c(C)ccc2c1. The van der Waals surface area contributed by atoms with E-state index in [2.05, 4.69) is 58.5 Å². The number of aromatic carboxylic acids is 1. The van der Waals surface area contributed by atoms with Gasteiger partial charge in [0.05, 0.1) is 5.56 Å². The minimum absolute atomic E-state index is 0.151. The number of rotatable bonds is 3. The highest BCUT2D eigenvalue weighted by Gasteiger charge is 2.37. The molecule has 0 fully saturated rings. The van der Waals surface area contributed by atoms with Gasteiger partial charge in [0.25, 0.3) is 0 Å². The van der Waals surface area contributed by atoms with Crippen molar-refractivity contribution in [1.82, 2.24) is 0 Å². The van der Waals surface area contributed by atoms with Crippen LogP contribution >= 0.6 is 0 Å². The molecule has 0 aliphatic heterocycles. The van der Waals surface area contributed by atoms with Crippen molar-refractivity contribution in [3.8, 4) is 0 Å². The molecule has 0 saturated carbocycles. The first kappa shape index (κ1) is 20.4. The van der Waals surface area contributed by atoms with Crippen LogP contribution in [0.15, 0.2) is 55.1 Å². The van der Waals surface area contributed by atoms with Gasteiger partial charge in [0.1, 0.15) is 0 Å². The van der Waals surface area contributed by atoms with E-state index in [1.807, 2.05) is 31.2 Å². The third-order valence-corrected chi connectivity index (χ3v) is 6.99. The summed E-state index contributed by atoms with van der Waals surface area (Å²) in [5.74, 6) is -0.885. The average Bonchev–Trinajstić information content (AvgIpc) is 2.70. The largest absolute Gasteiger partial charge is 0.478 e. The van der Waals surface area contributed by atoms with Crippen LogP contribution in [0.4, 0.5) is 0 Å². The molecular formula is C28H30O2. The van der Waals surface area contributed by atoms with Crippen LogP contribution in [-0.4, -0.2) is 11.1 Å². The fraction of sp³-hybridized carbons (Fsp3) is 0.321. The van der Waals surface area contributed by atoms with Crippen LogP contribution in [0.5, 0.6) is 0 Å². The second-order valence-electron chi connectivity index (χ2n) is 10.0. The summed E-state index contributed by atoms with van der Waals surface area (Å²) in [4.78, 5) is 11.7. The van der Waals surface area contributed by atoms with E-state index in [4.69, 9.17) is 0 Å². The van der Waals surface area contributed by atoms with Crippen LogP contribution in [0.1, 0.15) is 78.7 Å². The van der Waals surface area contributed by atoms with Crippen LogP contribution in [0, 0.1) is 6.92 Å². The third kappa shape index (κ3) is 3.25. The molecule has 30 heavy (non-hydrogen) atoms. The van der Waals surface area contributed by atoms with E-state index in [-0.39, 0.29) is 10.8 Å². The average molecular weight is 399 g/mol. The van der Waals surface area contributed by atoms with Crippen LogP contribution in [0.25, 0.3) is 16.3 Å².